The number of benzene rings is 1. The molecule has 22 heavy (non-hydrogen) atoms. The molecule has 0 atom stereocenters. The van der Waals surface area contributed by atoms with Gasteiger partial charge in [0, 0.05) is 18.5 Å². The van der Waals surface area contributed by atoms with Gasteiger partial charge in [0.15, 0.2) is 0 Å². The number of imidazole rings is 1. The van der Waals surface area contributed by atoms with Crippen molar-refractivity contribution in [1.29, 1.82) is 0 Å². The van der Waals surface area contributed by atoms with E-state index in [4.69, 9.17) is 0 Å². The molecule has 0 bridgehead atoms. The number of carbonyl (C=O) groups is 1. The lowest BCUT2D eigenvalue weighted by Crippen LogP contribution is -2.21. The highest BCUT2D eigenvalue weighted by atomic mass is 19.4. The Bertz CT molecular complexity index is 676. The highest BCUT2D eigenvalue weighted by molar-refractivity contribution is 5.94. The maximum absolute atomic E-state index is 12.7. The number of aromatic nitrogens is 2. The summed E-state index contributed by atoms with van der Waals surface area (Å²) in [6.45, 7) is 1.81. The molecule has 1 amide bonds. The molecule has 7 heteroatoms. The molecule has 0 unspecified atom stereocenters. The molecule has 116 valence electrons. The average molecular weight is 309 g/mol. The van der Waals surface area contributed by atoms with E-state index in [-0.39, 0.29) is 6.54 Å². The smallest absolute Gasteiger partial charge is 0.347 e. The standard InChI is InChI=1S/C15H14F3N3O/c1-10(7-14(22)21-9-13-19-5-6-20-13)11-3-2-4-12(8-11)15(16,17)18/h2-8H,9H2,1H3,(H,19,20)(H,21,22)/b10-7+. The summed E-state index contributed by atoms with van der Waals surface area (Å²) in [4.78, 5) is 18.5. The quantitative estimate of drug-likeness (QED) is 0.852. The fraction of sp³-hybridized carbons (Fsp3) is 0.200. The van der Waals surface area contributed by atoms with Crippen molar-refractivity contribution in [2.45, 2.75) is 19.6 Å². The van der Waals surface area contributed by atoms with Gasteiger partial charge in [-0.3, -0.25) is 4.79 Å². The van der Waals surface area contributed by atoms with Gasteiger partial charge >= 0.3 is 6.18 Å². The van der Waals surface area contributed by atoms with E-state index in [0.29, 0.717) is 17.0 Å². The normalized spacial score (nSPS) is 12.3. The Morgan fingerprint density at radius 2 is 2.18 bits per heavy atom. The van der Waals surface area contributed by atoms with Gasteiger partial charge in [-0.2, -0.15) is 13.2 Å². The molecule has 1 aromatic carbocycles. The van der Waals surface area contributed by atoms with Crippen LogP contribution in [0.1, 0.15) is 23.9 Å². The van der Waals surface area contributed by atoms with Crippen molar-refractivity contribution in [3.63, 3.8) is 0 Å². The minimum absolute atomic E-state index is 0.220. The van der Waals surface area contributed by atoms with E-state index >= 15 is 0 Å². The molecule has 1 aromatic heterocycles. The predicted molar refractivity (Wildman–Crippen MR) is 75.5 cm³/mol. The van der Waals surface area contributed by atoms with Crippen LogP contribution in [0.25, 0.3) is 5.57 Å². The van der Waals surface area contributed by atoms with Crippen molar-refractivity contribution in [1.82, 2.24) is 15.3 Å². The molecule has 2 aromatic rings. The summed E-state index contributed by atoms with van der Waals surface area (Å²) in [5.74, 6) is 0.199. The molecule has 0 spiro atoms. The summed E-state index contributed by atoms with van der Waals surface area (Å²) < 4.78 is 38.0. The minimum atomic E-state index is -4.40. The summed E-state index contributed by atoms with van der Waals surface area (Å²) in [5, 5.41) is 2.60. The zero-order valence-electron chi connectivity index (χ0n) is 11.7. The molecular formula is C15H14F3N3O. The van der Waals surface area contributed by atoms with Gasteiger partial charge < -0.3 is 10.3 Å². The van der Waals surface area contributed by atoms with E-state index in [2.05, 4.69) is 15.3 Å². The molecule has 0 aliphatic heterocycles. The highest BCUT2D eigenvalue weighted by Gasteiger charge is 2.30. The summed E-state index contributed by atoms with van der Waals surface area (Å²) in [5.41, 5.74) is 0.0553. The van der Waals surface area contributed by atoms with E-state index in [9.17, 15) is 18.0 Å². The maximum atomic E-state index is 12.7. The van der Waals surface area contributed by atoms with Gasteiger partial charge in [0.05, 0.1) is 12.1 Å². The third kappa shape index (κ3) is 4.21. The number of aromatic amines is 1. The van der Waals surface area contributed by atoms with Gasteiger partial charge in [-0.05, 0) is 30.2 Å². The lowest BCUT2D eigenvalue weighted by atomic mass is 10.0. The SMILES string of the molecule is C/C(=C\C(=O)NCc1ncc[nH]1)c1cccc(C(F)(F)F)c1. The van der Waals surface area contributed by atoms with Gasteiger partial charge in [-0.1, -0.05) is 12.1 Å². The van der Waals surface area contributed by atoms with E-state index in [1.54, 1.807) is 19.3 Å². The number of nitrogens with one attached hydrogen (secondary N) is 2. The monoisotopic (exact) mass is 309 g/mol. The van der Waals surface area contributed by atoms with E-state index in [1.165, 1.54) is 18.2 Å². The van der Waals surface area contributed by atoms with Crippen LogP contribution in [-0.4, -0.2) is 15.9 Å². The van der Waals surface area contributed by atoms with E-state index in [0.717, 1.165) is 12.1 Å². The molecule has 0 radical (unpaired) electrons. The Balaban J connectivity index is 2.06. The first-order valence-electron chi connectivity index (χ1n) is 6.48. The average Bonchev–Trinajstić information content (AvgIpc) is 2.97. The number of alkyl halides is 3. The van der Waals surface area contributed by atoms with Crippen molar-refractivity contribution >= 4 is 11.5 Å². The van der Waals surface area contributed by atoms with Gasteiger partial charge in [0.1, 0.15) is 5.82 Å². The Hall–Kier alpha value is -2.57. The fourth-order valence-electron chi connectivity index (χ4n) is 1.84. The van der Waals surface area contributed by atoms with Gasteiger partial charge in [-0.25, -0.2) is 4.98 Å². The maximum Gasteiger partial charge on any atom is 0.416 e. The number of nitrogens with zero attached hydrogens (tertiary/aromatic N) is 1. The van der Waals surface area contributed by atoms with E-state index < -0.39 is 17.6 Å². The molecule has 0 saturated heterocycles. The number of halogens is 3. The second-order valence-electron chi connectivity index (χ2n) is 4.66. The van der Waals surface area contributed by atoms with E-state index in [1.807, 2.05) is 0 Å². The molecule has 2 rings (SSSR count). The van der Waals surface area contributed by atoms with Crippen LogP contribution in [0.3, 0.4) is 0 Å². The van der Waals surface area contributed by atoms with Crippen LogP contribution in [-0.2, 0) is 17.5 Å². The lowest BCUT2D eigenvalue weighted by molar-refractivity contribution is -0.137. The summed E-state index contributed by atoms with van der Waals surface area (Å²) in [6.07, 6.45) is 0.0483. The van der Waals surface area contributed by atoms with Crippen molar-refractivity contribution in [3.8, 4) is 0 Å². The van der Waals surface area contributed by atoms with Crippen LogP contribution in [0.15, 0.2) is 42.7 Å². The van der Waals surface area contributed by atoms with Crippen LogP contribution in [0.5, 0.6) is 0 Å². The summed E-state index contributed by atoms with van der Waals surface area (Å²) in [7, 11) is 0. The molecule has 0 fully saturated rings. The van der Waals surface area contributed by atoms with Crippen LogP contribution in [0, 0.1) is 0 Å². The Kier molecular flexibility index (Phi) is 4.65. The van der Waals surface area contributed by atoms with Crippen LogP contribution in [0.4, 0.5) is 13.2 Å². The molecule has 0 aliphatic rings. The lowest BCUT2D eigenvalue weighted by Gasteiger charge is -2.09. The van der Waals surface area contributed by atoms with Gasteiger partial charge in [0.25, 0.3) is 0 Å². The van der Waals surface area contributed by atoms with Crippen molar-refractivity contribution in [2.24, 2.45) is 0 Å². The molecule has 1 heterocycles. The molecule has 0 saturated carbocycles. The molecule has 4 nitrogen and oxygen atoms in total. The number of hydrogen-bond acceptors (Lipinski definition) is 2. The Morgan fingerprint density at radius 1 is 1.41 bits per heavy atom. The largest absolute Gasteiger partial charge is 0.416 e. The third-order valence-electron chi connectivity index (χ3n) is 2.98. The molecular weight excluding hydrogens is 295 g/mol. The number of allylic oxidation sites excluding steroid dienone is 1. The second-order valence-corrected chi connectivity index (χ2v) is 4.66. The topological polar surface area (TPSA) is 57.8 Å². The highest BCUT2D eigenvalue weighted by Crippen LogP contribution is 2.30. The minimum Gasteiger partial charge on any atom is -0.347 e. The first kappa shape index (κ1) is 15.8. The zero-order chi connectivity index (χ0) is 16.2. The number of H-pyrrole nitrogens is 1. The fourth-order valence-corrected chi connectivity index (χ4v) is 1.84. The number of hydrogen-bond donors (Lipinski definition) is 2. The second kappa shape index (κ2) is 6.46. The number of rotatable bonds is 4. The first-order chi connectivity index (χ1) is 10.4. The van der Waals surface area contributed by atoms with Crippen molar-refractivity contribution in [2.75, 3.05) is 0 Å². The number of amides is 1. The number of carbonyl (C=O) groups excluding carboxylic acids is 1. The van der Waals surface area contributed by atoms with Gasteiger partial charge in [-0.15, -0.1) is 0 Å². The summed E-state index contributed by atoms with van der Waals surface area (Å²) >= 11 is 0. The summed E-state index contributed by atoms with van der Waals surface area (Å²) in [6, 6.07) is 4.86. The van der Waals surface area contributed by atoms with Crippen LogP contribution >= 0.6 is 0 Å². The third-order valence-corrected chi connectivity index (χ3v) is 2.98. The van der Waals surface area contributed by atoms with Crippen LogP contribution in [0.2, 0.25) is 0 Å². The molecule has 2 N–H and O–H groups in total. The molecule has 0 aliphatic carbocycles. The predicted octanol–water partition coefficient (Wildman–Crippen LogP) is 3.15. The Labute approximate surface area is 125 Å². The van der Waals surface area contributed by atoms with Crippen molar-refractivity contribution in [3.05, 3.63) is 59.7 Å². The van der Waals surface area contributed by atoms with Crippen molar-refractivity contribution < 1.29 is 18.0 Å². The Morgan fingerprint density at radius 3 is 2.82 bits per heavy atom. The first-order valence-corrected chi connectivity index (χ1v) is 6.48. The van der Waals surface area contributed by atoms with Crippen LogP contribution < -0.4 is 5.32 Å². The van der Waals surface area contributed by atoms with Gasteiger partial charge in [0.2, 0.25) is 5.91 Å². The zero-order valence-corrected chi connectivity index (χ0v) is 11.7.